The molecule has 28 heavy (non-hydrogen) atoms. The molecule has 8 heteroatoms. The number of pyridine rings is 1. The average molecular weight is 387 g/mol. The lowest BCUT2D eigenvalue weighted by atomic mass is 10.2. The number of aromatic nitrogens is 1. The number of carbonyl (C=O) groups is 2. The molecule has 2 rings (SSSR count). The van der Waals surface area contributed by atoms with Gasteiger partial charge in [-0.1, -0.05) is 25.1 Å². The molecule has 8 nitrogen and oxygen atoms in total. The number of carboxylic acids is 1. The topological polar surface area (TPSA) is 101 Å². The highest BCUT2D eigenvalue weighted by molar-refractivity contribution is 5.75. The van der Waals surface area contributed by atoms with Crippen molar-refractivity contribution in [1.82, 2.24) is 15.2 Å². The van der Waals surface area contributed by atoms with Gasteiger partial charge in [-0.3, -0.25) is 4.79 Å². The van der Waals surface area contributed by atoms with E-state index >= 15 is 0 Å². The number of urea groups is 1. The molecule has 1 aromatic carbocycles. The summed E-state index contributed by atoms with van der Waals surface area (Å²) in [7, 11) is 1.56. The highest BCUT2D eigenvalue weighted by Gasteiger charge is 2.17. The van der Waals surface area contributed by atoms with Crippen molar-refractivity contribution in [2.75, 3.05) is 20.2 Å². The Morgan fingerprint density at radius 1 is 1.21 bits per heavy atom. The number of para-hydroxylation sites is 2. The first kappa shape index (κ1) is 21.0. The van der Waals surface area contributed by atoms with Gasteiger partial charge >= 0.3 is 12.0 Å². The summed E-state index contributed by atoms with van der Waals surface area (Å²) in [5.74, 6) is 0.0576. The Labute approximate surface area is 164 Å². The van der Waals surface area contributed by atoms with Crippen LogP contribution in [0.4, 0.5) is 4.79 Å². The van der Waals surface area contributed by atoms with Crippen molar-refractivity contribution in [3.8, 4) is 17.4 Å². The predicted octanol–water partition coefficient (Wildman–Crippen LogP) is 3.13. The van der Waals surface area contributed by atoms with Gasteiger partial charge in [-0.2, -0.15) is 0 Å². The first-order chi connectivity index (χ1) is 13.4. The Balaban J connectivity index is 1.89. The molecule has 1 aromatic heterocycles. The van der Waals surface area contributed by atoms with Crippen molar-refractivity contribution >= 4 is 12.0 Å². The molecule has 0 bridgehead atoms. The molecular formula is C20H25N3O5. The molecule has 0 spiro atoms. The lowest BCUT2D eigenvalue weighted by Gasteiger charge is -2.20. The number of carboxylic acid groups (broad SMARTS) is 1. The zero-order valence-corrected chi connectivity index (χ0v) is 16.2. The Kier molecular flexibility index (Phi) is 7.62. The molecule has 0 fully saturated rings. The van der Waals surface area contributed by atoms with Gasteiger partial charge in [-0.15, -0.1) is 0 Å². The van der Waals surface area contributed by atoms with Crippen LogP contribution in [-0.2, 0) is 11.3 Å². The molecule has 1 unspecified atom stereocenters. The smallest absolute Gasteiger partial charge is 0.317 e. The molecule has 0 saturated carbocycles. The molecule has 2 aromatic rings. The summed E-state index contributed by atoms with van der Waals surface area (Å²) in [6.07, 6.45) is 1.61. The van der Waals surface area contributed by atoms with Crippen LogP contribution in [0.3, 0.4) is 0 Å². The average Bonchev–Trinajstić information content (AvgIpc) is 2.68. The molecule has 0 aliphatic heterocycles. The fraction of sp³-hybridized carbons (Fsp3) is 0.350. The van der Waals surface area contributed by atoms with Crippen LogP contribution in [-0.4, -0.2) is 47.2 Å². The highest BCUT2D eigenvalue weighted by atomic mass is 16.5. The minimum atomic E-state index is -0.939. The third-order valence-corrected chi connectivity index (χ3v) is 3.92. The minimum Gasteiger partial charge on any atom is -0.490 e. The summed E-state index contributed by atoms with van der Waals surface area (Å²) >= 11 is 0. The third-order valence-electron chi connectivity index (χ3n) is 3.92. The molecule has 150 valence electrons. The number of nitrogens with zero attached hydrogens (tertiary/aromatic N) is 2. The second kappa shape index (κ2) is 10.1. The van der Waals surface area contributed by atoms with Gasteiger partial charge in [0.15, 0.2) is 11.5 Å². The summed E-state index contributed by atoms with van der Waals surface area (Å²) in [5.41, 5.74) is 0.790. The van der Waals surface area contributed by atoms with Crippen LogP contribution in [0.2, 0.25) is 0 Å². The van der Waals surface area contributed by atoms with Crippen LogP contribution in [0.15, 0.2) is 42.6 Å². The fourth-order valence-corrected chi connectivity index (χ4v) is 2.38. The SMILES string of the molecule is CCOc1ccccc1Oc1ccc(CNC(=O)N(C)CC(C)C(=O)O)cn1. The van der Waals surface area contributed by atoms with E-state index in [0.717, 1.165) is 5.56 Å². The van der Waals surface area contributed by atoms with Crippen molar-refractivity contribution in [1.29, 1.82) is 0 Å². The van der Waals surface area contributed by atoms with Gasteiger partial charge in [-0.05, 0) is 24.6 Å². The number of hydrogen-bond donors (Lipinski definition) is 2. The van der Waals surface area contributed by atoms with Gasteiger partial charge in [0.25, 0.3) is 0 Å². The second-order valence-corrected chi connectivity index (χ2v) is 6.27. The molecular weight excluding hydrogens is 362 g/mol. The maximum absolute atomic E-state index is 12.0. The van der Waals surface area contributed by atoms with Gasteiger partial charge in [0.2, 0.25) is 5.88 Å². The van der Waals surface area contributed by atoms with Crippen LogP contribution in [0.25, 0.3) is 0 Å². The second-order valence-electron chi connectivity index (χ2n) is 6.27. The van der Waals surface area contributed by atoms with E-state index in [1.165, 1.54) is 4.90 Å². The standard InChI is InChI=1S/C20H25N3O5/c1-4-27-16-7-5-6-8-17(16)28-18-10-9-15(11-21-18)12-22-20(26)23(3)13-14(2)19(24)25/h5-11,14H,4,12-13H2,1-3H3,(H,22,26)(H,24,25). The predicted molar refractivity (Wildman–Crippen MR) is 104 cm³/mol. The summed E-state index contributed by atoms with van der Waals surface area (Å²) in [5, 5.41) is 11.6. The summed E-state index contributed by atoms with van der Waals surface area (Å²) in [6, 6.07) is 10.5. The maximum atomic E-state index is 12.0. The van der Waals surface area contributed by atoms with Crippen molar-refractivity contribution in [2.24, 2.45) is 5.92 Å². The third kappa shape index (κ3) is 6.15. The highest BCUT2D eigenvalue weighted by Crippen LogP contribution is 2.30. The van der Waals surface area contributed by atoms with Crippen molar-refractivity contribution in [3.05, 3.63) is 48.2 Å². The van der Waals surface area contributed by atoms with Crippen molar-refractivity contribution < 1.29 is 24.2 Å². The van der Waals surface area contributed by atoms with E-state index in [-0.39, 0.29) is 19.1 Å². The molecule has 0 saturated heterocycles. The fourth-order valence-electron chi connectivity index (χ4n) is 2.38. The summed E-state index contributed by atoms with van der Waals surface area (Å²) in [6.45, 7) is 4.39. The van der Waals surface area contributed by atoms with Crippen molar-refractivity contribution in [3.63, 3.8) is 0 Å². The van der Waals surface area contributed by atoms with Crippen molar-refractivity contribution in [2.45, 2.75) is 20.4 Å². The van der Waals surface area contributed by atoms with E-state index in [0.29, 0.717) is 24.0 Å². The Bertz CT molecular complexity index is 795. The van der Waals surface area contributed by atoms with E-state index < -0.39 is 11.9 Å². The van der Waals surface area contributed by atoms with E-state index in [1.807, 2.05) is 25.1 Å². The van der Waals surface area contributed by atoms with Gasteiger partial charge < -0.3 is 24.8 Å². The Morgan fingerprint density at radius 3 is 2.54 bits per heavy atom. The van der Waals surface area contributed by atoms with E-state index in [2.05, 4.69) is 10.3 Å². The summed E-state index contributed by atoms with van der Waals surface area (Å²) in [4.78, 5) is 28.5. The largest absolute Gasteiger partial charge is 0.490 e. The van der Waals surface area contributed by atoms with Crippen LogP contribution in [0, 0.1) is 5.92 Å². The van der Waals surface area contributed by atoms with Crippen LogP contribution in [0.5, 0.6) is 17.4 Å². The Hall–Kier alpha value is -3.29. The zero-order valence-electron chi connectivity index (χ0n) is 16.2. The van der Waals surface area contributed by atoms with Gasteiger partial charge in [0, 0.05) is 32.4 Å². The number of aliphatic carboxylic acids is 1. The number of nitrogens with one attached hydrogen (secondary N) is 1. The molecule has 2 amide bonds. The van der Waals surface area contributed by atoms with E-state index in [9.17, 15) is 9.59 Å². The van der Waals surface area contributed by atoms with Crippen LogP contribution < -0.4 is 14.8 Å². The minimum absolute atomic E-state index is 0.130. The lowest BCUT2D eigenvalue weighted by molar-refractivity contribution is -0.141. The molecule has 1 heterocycles. The zero-order chi connectivity index (χ0) is 20.5. The molecule has 0 radical (unpaired) electrons. The van der Waals surface area contributed by atoms with Crippen LogP contribution in [0.1, 0.15) is 19.4 Å². The van der Waals surface area contributed by atoms with Gasteiger partial charge in [0.05, 0.1) is 12.5 Å². The normalized spacial score (nSPS) is 11.4. The number of rotatable bonds is 9. The Morgan fingerprint density at radius 2 is 1.93 bits per heavy atom. The van der Waals surface area contributed by atoms with Crippen LogP contribution >= 0.6 is 0 Å². The molecule has 0 aliphatic rings. The number of hydrogen-bond acceptors (Lipinski definition) is 5. The first-order valence-electron chi connectivity index (χ1n) is 8.97. The maximum Gasteiger partial charge on any atom is 0.317 e. The lowest BCUT2D eigenvalue weighted by Crippen LogP contribution is -2.40. The van der Waals surface area contributed by atoms with Gasteiger partial charge in [-0.25, -0.2) is 9.78 Å². The monoisotopic (exact) mass is 387 g/mol. The number of amides is 2. The number of benzene rings is 1. The van der Waals surface area contributed by atoms with E-state index in [4.69, 9.17) is 14.6 Å². The molecule has 1 atom stereocenters. The number of carbonyl (C=O) groups excluding carboxylic acids is 1. The quantitative estimate of drug-likeness (QED) is 0.685. The number of ether oxygens (including phenoxy) is 2. The molecule has 2 N–H and O–H groups in total. The summed E-state index contributed by atoms with van der Waals surface area (Å²) < 4.78 is 11.3. The first-order valence-corrected chi connectivity index (χ1v) is 8.97. The van der Waals surface area contributed by atoms with E-state index in [1.54, 1.807) is 38.4 Å². The molecule has 0 aliphatic carbocycles. The van der Waals surface area contributed by atoms with Gasteiger partial charge in [0.1, 0.15) is 0 Å².